The van der Waals surface area contributed by atoms with E-state index in [1.807, 2.05) is 0 Å². The van der Waals surface area contributed by atoms with Gasteiger partial charge in [0.2, 0.25) is 0 Å². The van der Waals surface area contributed by atoms with E-state index in [-0.39, 0.29) is 57.8 Å². The molecule has 2 aliphatic rings. The first-order chi connectivity index (χ1) is 19.1. The summed E-state index contributed by atoms with van der Waals surface area (Å²) in [6.07, 6.45) is -4.59. The maximum absolute atomic E-state index is 11.7. The molecule has 0 bridgehead atoms. The first-order valence-electron chi connectivity index (χ1n) is 12.5. The Morgan fingerprint density at radius 1 is 0.600 bits per heavy atom. The Morgan fingerprint density at radius 2 is 1.30 bits per heavy atom. The Morgan fingerprint density at radius 3 is 2.02 bits per heavy atom. The van der Waals surface area contributed by atoms with Crippen LogP contribution in [0.3, 0.4) is 0 Å². The molecule has 0 saturated carbocycles. The van der Waals surface area contributed by atoms with Gasteiger partial charge in [-0.25, -0.2) is 0 Å². The summed E-state index contributed by atoms with van der Waals surface area (Å²) in [5.41, 5.74) is 1.61. The van der Waals surface area contributed by atoms with Crippen LogP contribution in [0.25, 0.3) is 0 Å². The second-order valence-corrected chi connectivity index (χ2v) is 10.0. The van der Waals surface area contributed by atoms with Crippen LogP contribution in [0.1, 0.15) is 45.9 Å². The maximum Gasteiger partial charge on any atom is 0.157 e. The van der Waals surface area contributed by atoms with Crippen molar-refractivity contribution in [2.24, 2.45) is 0 Å². The summed E-state index contributed by atoms with van der Waals surface area (Å²) in [4.78, 5) is 0. The largest absolute Gasteiger partial charge is 0.508 e. The molecule has 0 radical (unpaired) electrons. The molecule has 2 heterocycles. The molecule has 10 heteroatoms. The number of phenolic OH excluding ortho intramolecular Hbond substituents is 6. The van der Waals surface area contributed by atoms with E-state index in [9.17, 15) is 40.9 Å². The van der Waals surface area contributed by atoms with Gasteiger partial charge in [-0.2, -0.15) is 0 Å². The first-order valence-corrected chi connectivity index (χ1v) is 12.5. The summed E-state index contributed by atoms with van der Waals surface area (Å²) in [7, 11) is 0. The summed E-state index contributed by atoms with van der Waals surface area (Å²) in [6, 6.07) is 15.5. The van der Waals surface area contributed by atoms with Crippen LogP contribution < -0.4 is 9.47 Å². The highest BCUT2D eigenvalue weighted by Crippen LogP contribution is 2.55. The van der Waals surface area contributed by atoms with Gasteiger partial charge in [0, 0.05) is 41.2 Å². The van der Waals surface area contributed by atoms with Crippen molar-refractivity contribution in [3.8, 4) is 46.0 Å². The molecule has 0 fully saturated rings. The normalized spacial score (nSPS) is 23.4. The van der Waals surface area contributed by atoms with Crippen LogP contribution in [-0.4, -0.2) is 53.1 Å². The second-order valence-electron chi connectivity index (χ2n) is 10.0. The van der Waals surface area contributed by atoms with Gasteiger partial charge in [-0.05, 0) is 41.5 Å². The third-order valence-corrected chi connectivity index (χ3v) is 7.48. The number of aliphatic hydroxyl groups excluding tert-OH is 2. The summed E-state index contributed by atoms with van der Waals surface area (Å²) < 4.78 is 12.3. The number of hydrogen-bond acceptors (Lipinski definition) is 10. The molecule has 0 unspecified atom stereocenters. The Kier molecular flexibility index (Phi) is 6.01. The summed E-state index contributed by atoms with van der Waals surface area (Å²) in [5.74, 6) is -2.23. The van der Waals surface area contributed by atoms with Crippen LogP contribution in [0.5, 0.6) is 46.0 Å². The molecule has 0 saturated heterocycles. The molecular formula is C30H26O10. The van der Waals surface area contributed by atoms with Gasteiger partial charge in [-0.3, -0.25) is 0 Å². The Bertz CT molecular complexity index is 1600. The smallest absolute Gasteiger partial charge is 0.157 e. The van der Waals surface area contributed by atoms with E-state index in [2.05, 4.69) is 0 Å². The van der Waals surface area contributed by atoms with Crippen molar-refractivity contribution in [2.75, 3.05) is 0 Å². The topological polar surface area (TPSA) is 180 Å². The molecule has 0 spiro atoms. The number of fused-ring (bicyclic) bond motifs is 2. The maximum atomic E-state index is 11.7. The van der Waals surface area contributed by atoms with Crippen LogP contribution in [0.2, 0.25) is 0 Å². The van der Waals surface area contributed by atoms with E-state index in [4.69, 9.17) is 9.47 Å². The van der Waals surface area contributed by atoms with Crippen molar-refractivity contribution in [2.45, 2.75) is 36.8 Å². The zero-order valence-corrected chi connectivity index (χ0v) is 20.8. The van der Waals surface area contributed by atoms with E-state index in [0.29, 0.717) is 16.7 Å². The van der Waals surface area contributed by atoms with Crippen molar-refractivity contribution in [1.29, 1.82) is 0 Å². The number of rotatable bonds is 3. The number of aromatic hydroxyl groups is 6. The molecule has 0 amide bonds. The Hall–Kier alpha value is -4.80. The number of ether oxygens (including phenoxy) is 2. The zero-order chi connectivity index (χ0) is 28.3. The van der Waals surface area contributed by atoms with Gasteiger partial charge in [0.1, 0.15) is 46.7 Å². The van der Waals surface area contributed by atoms with E-state index in [0.717, 1.165) is 6.07 Å². The van der Waals surface area contributed by atoms with Crippen molar-refractivity contribution < 1.29 is 50.3 Å². The van der Waals surface area contributed by atoms with Crippen molar-refractivity contribution in [3.05, 3.63) is 94.5 Å². The molecule has 0 aliphatic carbocycles. The number of hydrogen-bond donors (Lipinski definition) is 8. The molecular weight excluding hydrogens is 520 g/mol. The molecule has 6 rings (SSSR count). The predicted molar refractivity (Wildman–Crippen MR) is 140 cm³/mol. The van der Waals surface area contributed by atoms with E-state index in [1.54, 1.807) is 18.2 Å². The van der Waals surface area contributed by atoms with Crippen molar-refractivity contribution in [3.63, 3.8) is 0 Å². The predicted octanol–water partition coefficient (Wildman–Crippen LogP) is 3.58. The fourth-order valence-corrected chi connectivity index (χ4v) is 5.55. The lowest BCUT2D eigenvalue weighted by atomic mass is 9.78. The minimum Gasteiger partial charge on any atom is -0.508 e. The number of phenols is 6. The summed E-state index contributed by atoms with van der Waals surface area (Å²) in [6.45, 7) is 0. The van der Waals surface area contributed by atoms with Crippen LogP contribution in [0.15, 0.2) is 66.7 Å². The number of benzene rings is 4. The van der Waals surface area contributed by atoms with E-state index in [1.165, 1.54) is 42.5 Å². The van der Waals surface area contributed by atoms with Crippen LogP contribution in [0.4, 0.5) is 0 Å². The highest BCUT2D eigenvalue weighted by atomic mass is 16.5. The van der Waals surface area contributed by atoms with Gasteiger partial charge < -0.3 is 50.3 Å². The first kappa shape index (κ1) is 25.5. The zero-order valence-electron chi connectivity index (χ0n) is 20.8. The van der Waals surface area contributed by atoms with E-state index >= 15 is 0 Å². The minimum absolute atomic E-state index is 0.0205. The fraction of sp³-hybridized carbons (Fsp3) is 0.200. The van der Waals surface area contributed by atoms with Gasteiger partial charge >= 0.3 is 0 Å². The van der Waals surface area contributed by atoms with Crippen molar-refractivity contribution >= 4 is 0 Å². The molecule has 2 aliphatic heterocycles. The van der Waals surface area contributed by atoms with Gasteiger partial charge in [0.15, 0.2) is 17.6 Å². The number of aliphatic hydroxyl groups is 2. The van der Waals surface area contributed by atoms with Gasteiger partial charge in [0.05, 0.1) is 6.10 Å². The average molecular weight is 547 g/mol. The lowest BCUT2D eigenvalue weighted by Crippen LogP contribution is -2.36. The highest BCUT2D eigenvalue weighted by Gasteiger charge is 2.44. The molecule has 4 aromatic rings. The molecule has 8 N–H and O–H groups in total. The molecule has 0 aromatic heterocycles. The summed E-state index contributed by atoms with van der Waals surface area (Å²) >= 11 is 0. The quantitative estimate of drug-likeness (QED) is 0.177. The average Bonchev–Trinajstić information content (AvgIpc) is 2.92. The van der Waals surface area contributed by atoms with Crippen LogP contribution in [0, 0.1) is 0 Å². The molecule has 5 atom stereocenters. The molecule has 206 valence electrons. The van der Waals surface area contributed by atoms with Gasteiger partial charge in [0.25, 0.3) is 0 Å². The third-order valence-electron chi connectivity index (χ3n) is 7.48. The Balaban J connectivity index is 1.52. The standard InChI is InChI=1S/C30H26O10/c31-15-4-1-13(2-5-15)29-27(38)25(17-7-6-16(32)10-24(17)39-29)26-22(36)12-20(34)18-11-23(37)28(40-30(18)26)14-3-8-19(33)21(35)9-14/h1-10,12,23,25,27-29,31-38H,11H2/t23-,25-,27+,28-,29-/m1/s1. The van der Waals surface area contributed by atoms with Crippen molar-refractivity contribution in [1.82, 2.24) is 0 Å². The van der Waals surface area contributed by atoms with E-state index < -0.39 is 36.1 Å². The lowest BCUT2D eigenvalue weighted by molar-refractivity contribution is 0.00192. The molecule has 10 nitrogen and oxygen atoms in total. The Labute approximate surface area is 227 Å². The van der Waals surface area contributed by atoms with Gasteiger partial charge in [-0.1, -0.05) is 24.3 Å². The van der Waals surface area contributed by atoms with Crippen LogP contribution >= 0.6 is 0 Å². The fourth-order valence-electron chi connectivity index (χ4n) is 5.55. The highest BCUT2D eigenvalue weighted by molar-refractivity contribution is 5.63. The minimum atomic E-state index is -1.31. The molecule has 4 aromatic carbocycles. The van der Waals surface area contributed by atoms with Gasteiger partial charge in [-0.15, -0.1) is 0 Å². The molecule has 40 heavy (non-hydrogen) atoms. The lowest BCUT2D eigenvalue weighted by Gasteiger charge is -2.40. The second kappa shape index (κ2) is 9.44. The third kappa shape index (κ3) is 4.14. The monoisotopic (exact) mass is 546 g/mol. The SMILES string of the molecule is Oc1ccc([C@H]2Oc3cc(O)ccc3[C@H](c3c(O)cc(O)c4c3O[C@H](c3ccc(O)c(O)c3)[C@H](O)C4)[C@@H]2O)cc1. The van der Waals surface area contributed by atoms with Crippen LogP contribution in [-0.2, 0) is 6.42 Å². The summed E-state index contributed by atoms with van der Waals surface area (Å²) in [5, 5.41) is 84.2.